The molecular formula is C15H23NO3. The smallest absolute Gasteiger partial charge is 0.257 e. The second-order valence-electron chi connectivity index (χ2n) is 4.45. The predicted molar refractivity (Wildman–Crippen MR) is 75.2 cm³/mol. The highest BCUT2D eigenvalue weighted by atomic mass is 16.5. The molecule has 1 aromatic rings. The number of carbonyl (C=O) groups is 1. The number of amides is 1. The zero-order valence-corrected chi connectivity index (χ0v) is 11.7. The van der Waals surface area contributed by atoms with Gasteiger partial charge < -0.3 is 15.2 Å². The van der Waals surface area contributed by atoms with Gasteiger partial charge in [0.25, 0.3) is 5.91 Å². The third kappa shape index (κ3) is 5.75. The van der Waals surface area contributed by atoms with Crippen LogP contribution in [-0.2, 0) is 11.2 Å². The van der Waals surface area contributed by atoms with Crippen molar-refractivity contribution in [3.63, 3.8) is 0 Å². The van der Waals surface area contributed by atoms with Crippen molar-refractivity contribution in [2.24, 2.45) is 0 Å². The highest BCUT2D eigenvalue weighted by Crippen LogP contribution is 2.20. The highest BCUT2D eigenvalue weighted by Gasteiger charge is 2.08. The van der Waals surface area contributed by atoms with E-state index in [1.54, 1.807) is 0 Å². The van der Waals surface area contributed by atoms with E-state index >= 15 is 0 Å². The van der Waals surface area contributed by atoms with Crippen LogP contribution >= 0.6 is 0 Å². The average molecular weight is 265 g/mol. The Hall–Kier alpha value is -1.55. The van der Waals surface area contributed by atoms with Gasteiger partial charge in [-0.3, -0.25) is 4.79 Å². The molecule has 1 atom stereocenters. The molecule has 4 nitrogen and oxygen atoms in total. The van der Waals surface area contributed by atoms with Crippen LogP contribution < -0.4 is 10.1 Å². The molecule has 0 aliphatic carbocycles. The Morgan fingerprint density at radius 2 is 2.11 bits per heavy atom. The van der Waals surface area contributed by atoms with Crippen molar-refractivity contribution in [3.05, 3.63) is 29.8 Å². The van der Waals surface area contributed by atoms with Crippen molar-refractivity contribution in [1.82, 2.24) is 5.32 Å². The van der Waals surface area contributed by atoms with Crippen molar-refractivity contribution < 1.29 is 14.6 Å². The molecule has 0 saturated carbocycles. The van der Waals surface area contributed by atoms with Gasteiger partial charge in [0.05, 0.1) is 6.10 Å². The molecule has 0 heterocycles. The molecule has 4 heteroatoms. The van der Waals surface area contributed by atoms with Crippen LogP contribution in [0.1, 0.15) is 32.3 Å². The van der Waals surface area contributed by atoms with Gasteiger partial charge in [0, 0.05) is 6.54 Å². The lowest BCUT2D eigenvalue weighted by molar-refractivity contribution is -0.122. The molecular weight excluding hydrogens is 242 g/mol. The number of aliphatic hydroxyl groups is 1. The summed E-state index contributed by atoms with van der Waals surface area (Å²) < 4.78 is 5.52. The maximum Gasteiger partial charge on any atom is 0.257 e. The first-order valence-electron chi connectivity index (χ1n) is 6.82. The Morgan fingerprint density at radius 1 is 1.37 bits per heavy atom. The molecule has 0 radical (unpaired) electrons. The zero-order valence-electron chi connectivity index (χ0n) is 11.7. The zero-order chi connectivity index (χ0) is 14.1. The summed E-state index contributed by atoms with van der Waals surface area (Å²) in [6.07, 6.45) is 1.93. The second-order valence-corrected chi connectivity index (χ2v) is 4.45. The number of hydrogen-bond acceptors (Lipinski definition) is 3. The number of nitrogens with one attached hydrogen (secondary N) is 1. The molecule has 1 rings (SSSR count). The molecule has 0 fully saturated rings. The molecule has 0 aliphatic heterocycles. The topological polar surface area (TPSA) is 58.6 Å². The molecule has 1 unspecified atom stereocenters. The Labute approximate surface area is 114 Å². The first-order valence-corrected chi connectivity index (χ1v) is 6.82. The quantitative estimate of drug-likeness (QED) is 0.755. The lowest BCUT2D eigenvalue weighted by Gasteiger charge is -2.12. The van der Waals surface area contributed by atoms with Crippen LogP contribution in [0.25, 0.3) is 0 Å². The van der Waals surface area contributed by atoms with Gasteiger partial charge in [0.2, 0.25) is 0 Å². The Morgan fingerprint density at radius 3 is 2.79 bits per heavy atom. The molecule has 19 heavy (non-hydrogen) atoms. The highest BCUT2D eigenvalue weighted by molar-refractivity contribution is 5.77. The number of hydrogen-bond donors (Lipinski definition) is 2. The first-order chi connectivity index (χ1) is 9.17. The van der Waals surface area contributed by atoms with E-state index in [1.165, 1.54) is 0 Å². The second kappa shape index (κ2) is 8.53. The van der Waals surface area contributed by atoms with E-state index < -0.39 is 0 Å². The van der Waals surface area contributed by atoms with Gasteiger partial charge in [-0.05, 0) is 37.8 Å². The lowest BCUT2D eigenvalue weighted by atomic mass is 10.0. The molecule has 0 aromatic heterocycles. The Balaban J connectivity index is 2.55. The van der Waals surface area contributed by atoms with Crippen molar-refractivity contribution in [3.8, 4) is 5.75 Å². The minimum Gasteiger partial charge on any atom is -0.483 e. The van der Waals surface area contributed by atoms with Gasteiger partial charge >= 0.3 is 0 Å². The van der Waals surface area contributed by atoms with Crippen LogP contribution in [0.15, 0.2) is 24.3 Å². The Bertz CT molecular complexity index is 393. The summed E-state index contributed by atoms with van der Waals surface area (Å²) >= 11 is 0. The van der Waals surface area contributed by atoms with Crippen LogP contribution in [0.3, 0.4) is 0 Å². The van der Waals surface area contributed by atoms with Crippen molar-refractivity contribution in [1.29, 1.82) is 0 Å². The van der Waals surface area contributed by atoms with E-state index in [2.05, 4.69) is 5.32 Å². The lowest BCUT2D eigenvalue weighted by Crippen LogP contribution is -2.28. The van der Waals surface area contributed by atoms with Gasteiger partial charge in [-0.1, -0.05) is 25.1 Å². The predicted octanol–water partition coefficient (Wildman–Crippen LogP) is 1.91. The summed E-state index contributed by atoms with van der Waals surface area (Å²) in [7, 11) is 0. The molecule has 0 saturated heterocycles. The molecule has 1 amide bonds. The van der Waals surface area contributed by atoms with Crippen molar-refractivity contribution >= 4 is 5.91 Å². The van der Waals surface area contributed by atoms with Gasteiger partial charge in [0.15, 0.2) is 6.61 Å². The van der Waals surface area contributed by atoms with Gasteiger partial charge in [-0.25, -0.2) is 0 Å². The summed E-state index contributed by atoms with van der Waals surface area (Å²) in [6.45, 7) is 4.47. The molecule has 0 spiro atoms. The van der Waals surface area contributed by atoms with Crippen LogP contribution in [0.4, 0.5) is 0 Å². The summed E-state index contributed by atoms with van der Waals surface area (Å²) in [5, 5.41) is 12.3. The normalized spacial score (nSPS) is 11.9. The standard InChI is InChI=1S/C15H23NO3/c1-3-13(17)10-9-12-7-5-6-8-14(12)19-11-15(18)16-4-2/h5-8,13,17H,3-4,9-11H2,1-2H3,(H,16,18). The van der Waals surface area contributed by atoms with Crippen LogP contribution in [-0.4, -0.2) is 30.3 Å². The number of benzene rings is 1. The van der Waals surface area contributed by atoms with Crippen LogP contribution in [0.5, 0.6) is 5.75 Å². The fourth-order valence-electron chi connectivity index (χ4n) is 1.77. The number of para-hydroxylation sites is 1. The van der Waals surface area contributed by atoms with E-state index in [1.807, 2.05) is 38.1 Å². The van der Waals surface area contributed by atoms with Gasteiger partial charge in [-0.2, -0.15) is 0 Å². The van der Waals surface area contributed by atoms with Gasteiger partial charge in [0.1, 0.15) is 5.75 Å². The summed E-state index contributed by atoms with van der Waals surface area (Å²) in [5.41, 5.74) is 1.03. The maximum absolute atomic E-state index is 11.4. The average Bonchev–Trinajstić information content (AvgIpc) is 2.43. The molecule has 0 aliphatic rings. The fourth-order valence-corrected chi connectivity index (χ4v) is 1.77. The van der Waals surface area contributed by atoms with E-state index in [0.29, 0.717) is 13.0 Å². The number of aryl methyl sites for hydroxylation is 1. The maximum atomic E-state index is 11.4. The molecule has 106 valence electrons. The van der Waals surface area contributed by atoms with Crippen molar-refractivity contribution in [2.75, 3.05) is 13.2 Å². The first kappa shape index (κ1) is 15.5. The van der Waals surface area contributed by atoms with E-state index in [-0.39, 0.29) is 18.6 Å². The monoisotopic (exact) mass is 265 g/mol. The number of carbonyl (C=O) groups excluding carboxylic acids is 1. The third-order valence-electron chi connectivity index (χ3n) is 2.92. The third-order valence-corrected chi connectivity index (χ3v) is 2.92. The summed E-state index contributed by atoms with van der Waals surface area (Å²) in [6, 6.07) is 7.64. The number of likely N-dealkylation sites (N-methyl/N-ethyl adjacent to an activating group) is 1. The van der Waals surface area contributed by atoms with Crippen LogP contribution in [0, 0.1) is 0 Å². The molecule has 0 bridgehead atoms. The largest absolute Gasteiger partial charge is 0.483 e. The van der Waals surface area contributed by atoms with Crippen molar-refractivity contribution in [2.45, 2.75) is 39.2 Å². The molecule has 2 N–H and O–H groups in total. The SMILES string of the molecule is CCNC(=O)COc1ccccc1CCC(O)CC. The fraction of sp³-hybridized carbons (Fsp3) is 0.533. The van der Waals surface area contributed by atoms with E-state index in [0.717, 1.165) is 24.2 Å². The minimum absolute atomic E-state index is 0.0290. The number of aliphatic hydroxyl groups excluding tert-OH is 1. The number of rotatable bonds is 8. The summed E-state index contributed by atoms with van der Waals surface area (Å²) in [5.74, 6) is 0.600. The van der Waals surface area contributed by atoms with E-state index in [9.17, 15) is 9.90 Å². The van der Waals surface area contributed by atoms with E-state index in [4.69, 9.17) is 4.74 Å². The number of ether oxygens (including phenoxy) is 1. The van der Waals surface area contributed by atoms with Crippen LogP contribution in [0.2, 0.25) is 0 Å². The summed E-state index contributed by atoms with van der Waals surface area (Å²) in [4.78, 5) is 11.4. The minimum atomic E-state index is -0.281. The Kier molecular flexibility index (Phi) is 6.97. The molecule has 1 aromatic carbocycles. The van der Waals surface area contributed by atoms with Gasteiger partial charge in [-0.15, -0.1) is 0 Å².